The summed E-state index contributed by atoms with van der Waals surface area (Å²) in [4.78, 5) is 50.4. The Hall–Kier alpha value is -3.43. The topological polar surface area (TPSA) is 154 Å². The highest BCUT2D eigenvalue weighted by molar-refractivity contribution is 6.09. The number of aliphatic carboxylic acids is 1. The Bertz CT molecular complexity index is 910. The molecule has 32 heavy (non-hydrogen) atoms. The Morgan fingerprint density at radius 3 is 2.53 bits per heavy atom. The number of nitrogens with two attached hydrogens (primary N) is 1. The molecule has 4 amide bonds. The molecule has 5 N–H and O–H groups in total. The van der Waals surface area contributed by atoms with Gasteiger partial charge in [-0.05, 0) is 36.8 Å². The lowest BCUT2D eigenvalue weighted by molar-refractivity contribution is -0.139. The average Bonchev–Trinajstić information content (AvgIpc) is 2.98. The van der Waals surface area contributed by atoms with Crippen molar-refractivity contribution in [1.82, 2.24) is 15.5 Å². The van der Waals surface area contributed by atoms with Gasteiger partial charge in [0, 0.05) is 6.04 Å². The van der Waals surface area contributed by atoms with Crippen LogP contribution in [0.25, 0.3) is 0 Å². The van der Waals surface area contributed by atoms with E-state index in [-0.39, 0.29) is 12.3 Å². The molecule has 0 aromatic heterocycles. The molecule has 1 aromatic rings. The van der Waals surface area contributed by atoms with Crippen LogP contribution in [0.1, 0.15) is 56.6 Å². The van der Waals surface area contributed by atoms with Gasteiger partial charge in [-0.15, -0.1) is 0 Å². The first-order chi connectivity index (χ1) is 15.2. The first-order valence-corrected chi connectivity index (χ1v) is 10.7. The second-order valence-corrected chi connectivity index (χ2v) is 8.52. The first kappa shape index (κ1) is 23.2. The van der Waals surface area contributed by atoms with Crippen LogP contribution in [-0.4, -0.2) is 52.6 Å². The molecule has 3 rings (SSSR count). The molecular weight excluding hydrogens is 414 g/mol. The molecule has 1 saturated carbocycles. The highest BCUT2D eigenvalue weighted by Gasteiger charge is 2.49. The molecule has 2 atom stereocenters. The molecule has 1 aliphatic carbocycles. The summed E-state index contributed by atoms with van der Waals surface area (Å²) in [6.45, 7) is 1.10. The van der Waals surface area contributed by atoms with Crippen molar-refractivity contribution in [2.24, 2.45) is 16.9 Å². The van der Waals surface area contributed by atoms with Crippen LogP contribution in [0.4, 0.5) is 4.79 Å². The van der Waals surface area contributed by atoms with Gasteiger partial charge >= 0.3 is 12.0 Å². The zero-order valence-corrected chi connectivity index (χ0v) is 18.0. The van der Waals surface area contributed by atoms with Gasteiger partial charge in [-0.1, -0.05) is 43.5 Å². The standard InChI is InChI=1S/C22H29N5O5/c1-22(16-9-7-14(8-10-16)12-24-23)20(31)27(21(32)26-22)13-18(28)25-17(11-19(29)30)15-5-3-2-4-6-15/h7-10,12,15,17H,2-6,11,13,23H2,1H3,(H,25,28)(H,26,32)(H,29,30)/b24-12+. The van der Waals surface area contributed by atoms with Gasteiger partial charge in [0.2, 0.25) is 5.91 Å². The lowest BCUT2D eigenvalue weighted by Gasteiger charge is -2.30. The van der Waals surface area contributed by atoms with E-state index in [4.69, 9.17) is 5.84 Å². The number of hydrogen-bond acceptors (Lipinski definition) is 6. The zero-order chi connectivity index (χ0) is 23.3. The van der Waals surface area contributed by atoms with E-state index in [1.54, 1.807) is 31.2 Å². The molecule has 0 spiro atoms. The summed E-state index contributed by atoms with van der Waals surface area (Å²) in [6, 6.07) is 5.60. The van der Waals surface area contributed by atoms with Crippen LogP contribution >= 0.6 is 0 Å². The normalized spacial score (nSPS) is 22.7. The van der Waals surface area contributed by atoms with Crippen LogP contribution in [0.3, 0.4) is 0 Å². The predicted octanol–water partition coefficient (Wildman–Crippen LogP) is 1.29. The van der Waals surface area contributed by atoms with Gasteiger partial charge in [0.05, 0.1) is 12.6 Å². The number of carboxylic acid groups (broad SMARTS) is 1. The third-order valence-electron chi connectivity index (χ3n) is 6.25. The smallest absolute Gasteiger partial charge is 0.325 e. The van der Waals surface area contributed by atoms with Crippen LogP contribution in [0, 0.1) is 5.92 Å². The van der Waals surface area contributed by atoms with Crippen LogP contribution < -0.4 is 16.5 Å². The molecule has 10 nitrogen and oxygen atoms in total. The van der Waals surface area contributed by atoms with Crippen molar-refractivity contribution in [3.8, 4) is 0 Å². The van der Waals surface area contributed by atoms with Gasteiger partial charge in [0.25, 0.3) is 5.91 Å². The van der Waals surface area contributed by atoms with Gasteiger partial charge in [-0.25, -0.2) is 4.79 Å². The summed E-state index contributed by atoms with van der Waals surface area (Å²) >= 11 is 0. The molecule has 1 saturated heterocycles. The molecule has 1 aliphatic heterocycles. The molecule has 2 aliphatic rings. The molecular formula is C22H29N5O5. The van der Waals surface area contributed by atoms with E-state index in [0.29, 0.717) is 5.56 Å². The fourth-order valence-electron chi connectivity index (χ4n) is 4.48. The maximum atomic E-state index is 13.1. The molecule has 2 fully saturated rings. The number of nitrogens with zero attached hydrogens (tertiary/aromatic N) is 2. The molecule has 2 unspecified atom stereocenters. The van der Waals surface area contributed by atoms with Crippen molar-refractivity contribution < 1.29 is 24.3 Å². The number of nitrogens with one attached hydrogen (secondary N) is 2. The third kappa shape index (κ3) is 5.06. The van der Waals surface area contributed by atoms with Crippen molar-refractivity contribution in [1.29, 1.82) is 0 Å². The van der Waals surface area contributed by atoms with Crippen LogP contribution in [0.2, 0.25) is 0 Å². The van der Waals surface area contributed by atoms with E-state index in [9.17, 15) is 24.3 Å². The van der Waals surface area contributed by atoms with E-state index >= 15 is 0 Å². The predicted molar refractivity (Wildman–Crippen MR) is 117 cm³/mol. The number of benzene rings is 1. The minimum Gasteiger partial charge on any atom is -0.481 e. The summed E-state index contributed by atoms with van der Waals surface area (Å²) in [6.07, 6.45) is 6.07. The Morgan fingerprint density at radius 2 is 1.94 bits per heavy atom. The fraction of sp³-hybridized carbons (Fsp3) is 0.500. The van der Waals surface area contributed by atoms with E-state index < -0.39 is 41.9 Å². The van der Waals surface area contributed by atoms with Crippen LogP contribution in [-0.2, 0) is 19.9 Å². The third-order valence-corrected chi connectivity index (χ3v) is 6.25. The number of carboxylic acids is 1. The van der Waals surface area contributed by atoms with E-state index in [1.165, 1.54) is 6.21 Å². The van der Waals surface area contributed by atoms with Crippen molar-refractivity contribution in [2.45, 2.75) is 57.0 Å². The Labute approximate surface area is 186 Å². The number of hydrazone groups is 1. The number of amides is 4. The fourth-order valence-corrected chi connectivity index (χ4v) is 4.48. The number of urea groups is 1. The summed E-state index contributed by atoms with van der Waals surface area (Å²) < 4.78 is 0. The number of carbonyl (C=O) groups excluding carboxylic acids is 3. The number of carbonyl (C=O) groups is 4. The summed E-state index contributed by atoms with van der Waals surface area (Å²) in [7, 11) is 0. The number of rotatable bonds is 8. The summed E-state index contributed by atoms with van der Waals surface area (Å²) in [5.74, 6) is 3.12. The van der Waals surface area contributed by atoms with E-state index in [1.807, 2.05) is 0 Å². The first-order valence-electron chi connectivity index (χ1n) is 10.7. The number of imide groups is 1. The minimum absolute atomic E-state index is 0.0766. The molecule has 1 heterocycles. The molecule has 172 valence electrons. The zero-order valence-electron chi connectivity index (χ0n) is 18.0. The van der Waals surface area contributed by atoms with Crippen molar-refractivity contribution in [2.75, 3.05) is 6.54 Å². The maximum Gasteiger partial charge on any atom is 0.325 e. The van der Waals surface area contributed by atoms with Gasteiger partial charge < -0.3 is 21.6 Å². The SMILES string of the molecule is CC1(c2ccc(/C=N/N)cc2)NC(=O)N(CC(=O)NC(CC(=O)O)C2CCCCC2)C1=O. The molecule has 0 bridgehead atoms. The van der Waals surface area contributed by atoms with Crippen LogP contribution in [0.15, 0.2) is 29.4 Å². The van der Waals surface area contributed by atoms with Crippen molar-refractivity contribution in [3.63, 3.8) is 0 Å². The summed E-state index contributed by atoms with van der Waals surface area (Å²) in [5, 5.41) is 18.1. The maximum absolute atomic E-state index is 13.1. The second-order valence-electron chi connectivity index (χ2n) is 8.52. The van der Waals surface area contributed by atoms with Crippen molar-refractivity contribution >= 4 is 30.0 Å². The molecule has 10 heteroatoms. The second kappa shape index (κ2) is 9.80. The van der Waals surface area contributed by atoms with Gasteiger partial charge in [0.1, 0.15) is 12.1 Å². The Morgan fingerprint density at radius 1 is 1.28 bits per heavy atom. The Kier molecular flexibility index (Phi) is 7.12. The molecule has 0 radical (unpaired) electrons. The summed E-state index contributed by atoms with van der Waals surface area (Å²) in [5.41, 5.74) is -0.0292. The van der Waals surface area contributed by atoms with E-state index in [0.717, 1.165) is 42.6 Å². The van der Waals surface area contributed by atoms with Crippen LogP contribution in [0.5, 0.6) is 0 Å². The largest absolute Gasteiger partial charge is 0.481 e. The minimum atomic E-state index is -1.32. The van der Waals surface area contributed by atoms with Crippen molar-refractivity contribution in [3.05, 3.63) is 35.4 Å². The lowest BCUT2D eigenvalue weighted by Crippen LogP contribution is -2.48. The lowest BCUT2D eigenvalue weighted by atomic mass is 9.82. The van der Waals surface area contributed by atoms with E-state index in [2.05, 4.69) is 15.7 Å². The van der Waals surface area contributed by atoms with Gasteiger partial charge in [-0.2, -0.15) is 5.10 Å². The van der Waals surface area contributed by atoms with Gasteiger partial charge in [0.15, 0.2) is 0 Å². The highest BCUT2D eigenvalue weighted by atomic mass is 16.4. The van der Waals surface area contributed by atoms with Gasteiger partial charge in [-0.3, -0.25) is 19.3 Å². The highest BCUT2D eigenvalue weighted by Crippen LogP contribution is 2.30. The number of hydrogen-bond donors (Lipinski definition) is 4. The molecule has 1 aromatic carbocycles. The average molecular weight is 444 g/mol. The quantitative estimate of drug-likeness (QED) is 0.205. The monoisotopic (exact) mass is 443 g/mol. The Balaban J connectivity index is 1.69.